The van der Waals surface area contributed by atoms with Gasteiger partial charge in [-0.05, 0) is 55.5 Å². The zero-order valence-electron chi connectivity index (χ0n) is 16.0. The molecule has 0 saturated carbocycles. The molecule has 2 aromatic heterocycles. The maximum atomic E-state index is 6.45. The van der Waals surface area contributed by atoms with Gasteiger partial charge in [-0.25, -0.2) is 9.97 Å². The van der Waals surface area contributed by atoms with Gasteiger partial charge < -0.3 is 5.32 Å². The summed E-state index contributed by atoms with van der Waals surface area (Å²) in [6, 6.07) is 9.87. The number of halogens is 2. The molecule has 0 fully saturated rings. The smallest absolute Gasteiger partial charge is 0.148 e. The maximum absolute atomic E-state index is 6.45. The van der Waals surface area contributed by atoms with E-state index in [-0.39, 0.29) is 6.04 Å². The van der Waals surface area contributed by atoms with Crippen LogP contribution in [0.2, 0.25) is 10.0 Å². The van der Waals surface area contributed by atoms with Gasteiger partial charge in [-0.1, -0.05) is 43.1 Å². The Morgan fingerprint density at radius 2 is 1.89 bits per heavy atom. The van der Waals surface area contributed by atoms with Crippen molar-refractivity contribution in [2.75, 3.05) is 5.32 Å². The Balaban J connectivity index is 1.73. The number of rotatable bonds is 5. The summed E-state index contributed by atoms with van der Waals surface area (Å²) in [6.45, 7) is 4.18. The van der Waals surface area contributed by atoms with E-state index in [9.17, 15) is 0 Å². The number of aryl methyl sites for hydroxylation is 3. The Morgan fingerprint density at radius 3 is 2.64 bits per heavy atom. The maximum Gasteiger partial charge on any atom is 0.148 e. The number of hydrogen-bond acceptors (Lipinski definition) is 4. The SMILES string of the molecule is CCc1nc(-c2ccc(Cl)cc2Cl)c(CC)nc1NC1CCc2ncccc21. The monoisotopic (exact) mass is 412 g/mol. The molecule has 0 saturated heterocycles. The van der Waals surface area contributed by atoms with E-state index in [4.69, 9.17) is 33.2 Å². The van der Waals surface area contributed by atoms with Crippen LogP contribution in [0.4, 0.5) is 5.82 Å². The molecule has 1 aromatic carbocycles. The number of hydrogen-bond donors (Lipinski definition) is 1. The van der Waals surface area contributed by atoms with Crippen LogP contribution in [0.5, 0.6) is 0 Å². The van der Waals surface area contributed by atoms with E-state index in [2.05, 4.69) is 30.2 Å². The third-order valence-electron chi connectivity index (χ3n) is 5.18. The van der Waals surface area contributed by atoms with Crippen molar-refractivity contribution in [3.8, 4) is 11.3 Å². The number of pyridine rings is 1. The molecular weight excluding hydrogens is 391 g/mol. The topological polar surface area (TPSA) is 50.7 Å². The largest absolute Gasteiger partial charge is 0.362 e. The Morgan fingerprint density at radius 1 is 1.07 bits per heavy atom. The normalized spacial score (nSPS) is 15.5. The molecule has 1 aliphatic rings. The molecule has 2 heterocycles. The standard InChI is InChI=1S/C22H22Cl2N4/c1-3-17-21(14-8-7-13(23)12-16(14)24)26-18(4-2)22(27-17)28-20-10-9-19-15(20)6-5-11-25-19/h5-8,11-12,20H,3-4,9-10H2,1-2H3,(H,27,28). The molecule has 0 spiro atoms. The van der Waals surface area contributed by atoms with Crippen molar-refractivity contribution >= 4 is 29.0 Å². The molecule has 4 nitrogen and oxygen atoms in total. The second-order valence-corrected chi connectivity index (χ2v) is 7.76. The predicted molar refractivity (Wildman–Crippen MR) is 115 cm³/mol. The molecule has 28 heavy (non-hydrogen) atoms. The third kappa shape index (κ3) is 3.59. The van der Waals surface area contributed by atoms with Crippen LogP contribution in [-0.2, 0) is 19.3 Å². The van der Waals surface area contributed by atoms with Crippen molar-refractivity contribution in [2.45, 2.75) is 45.6 Å². The summed E-state index contributed by atoms with van der Waals surface area (Å²) in [7, 11) is 0. The van der Waals surface area contributed by atoms with E-state index >= 15 is 0 Å². The fraction of sp³-hybridized carbons (Fsp3) is 0.318. The zero-order valence-corrected chi connectivity index (χ0v) is 17.5. The van der Waals surface area contributed by atoms with Crippen LogP contribution in [0.25, 0.3) is 11.3 Å². The number of fused-ring (bicyclic) bond motifs is 1. The Kier molecular flexibility index (Phi) is 5.51. The van der Waals surface area contributed by atoms with Gasteiger partial charge in [-0.3, -0.25) is 4.98 Å². The van der Waals surface area contributed by atoms with E-state index in [1.165, 1.54) is 11.3 Å². The molecule has 0 aliphatic heterocycles. The second kappa shape index (κ2) is 8.06. The van der Waals surface area contributed by atoms with Gasteiger partial charge in [-0.2, -0.15) is 0 Å². The number of nitrogens with zero attached hydrogens (tertiary/aromatic N) is 3. The summed E-state index contributed by atoms with van der Waals surface area (Å²) in [4.78, 5) is 14.4. The van der Waals surface area contributed by atoms with Gasteiger partial charge in [0.05, 0.1) is 28.1 Å². The van der Waals surface area contributed by atoms with Crippen molar-refractivity contribution in [3.05, 3.63) is 69.2 Å². The van der Waals surface area contributed by atoms with Crippen LogP contribution in [0.1, 0.15) is 49.0 Å². The minimum Gasteiger partial charge on any atom is -0.362 e. The Bertz CT molecular complexity index is 1020. The lowest BCUT2D eigenvalue weighted by Gasteiger charge is -2.19. The van der Waals surface area contributed by atoms with E-state index in [0.717, 1.165) is 54.1 Å². The van der Waals surface area contributed by atoms with Crippen molar-refractivity contribution in [1.82, 2.24) is 15.0 Å². The van der Waals surface area contributed by atoms with Crippen molar-refractivity contribution in [2.24, 2.45) is 0 Å². The second-order valence-electron chi connectivity index (χ2n) is 6.92. The first-order valence-electron chi connectivity index (χ1n) is 9.66. The molecule has 0 amide bonds. The number of aromatic nitrogens is 3. The molecule has 144 valence electrons. The minimum atomic E-state index is 0.220. The van der Waals surface area contributed by atoms with Gasteiger partial charge in [0.2, 0.25) is 0 Å². The lowest BCUT2D eigenvalue weighted by Crippen LogP contribution is -2.13. The van der Waals surface area contributed by atoms with E-state index < -0.39 is 0 Å². The van der Waals surface area contributed by atoms with E-state index in [1.807, 2.05) is 24.4 Å². The van der Waals surface area contributed by atoms with Crippen LogP contribution in [0, 0.1) is 0 Å². The Labute approximate surface area is 175 Å². The molecule has 1 atom stereocenters. The fourth-order valence-electron chi connectivity index (χ4n) is 3.74. The Hall–Kier alpha value is -2.17. The van der Waals surface area contributed by atoms with Gasteiger partial charge in [0.15, 0.2) is 0 Å². The fourth-order valence-corrected chi connectivity index (χ4v) is 4.24. The molecule has 1 N–H and O–H groups in total. The summed E-state index contributed by atoms with van der Waals surface area (Å²) < 4.78 is 0. The van der Waals surface area contributed by atoms with E-state index in [0.29, 0.717) is 10.0 Å². The van der Waals surface area contributed by atoms with Crippen LogP contribution in [0.3, 0.4) is 0 Å². The highest BCUT2D eigenvalue weighted by molar-refractivity contribution is 6.36. The highest BCUT2D eigenvalue weighted by Crippen LogP contribution is 2.35. The van der Waals surface area contributed by atoms with E-state index in [1.54, 1.807) is 6.07 Å². The van der Waals surface area contributed by atoms with Crippen LogP contribution >= 0.6 is 23.2 Å². The van der Waals surface area contributed by atoms with Gasteiger partial charge in [-0.15, -0.1) is 0 Å². The summed E-state index contributed by atoms with van der Waals surface area (Å²) in [5, 5.41) is 4.83. The molecule has 4 rings (SSSR count). The first kappa shape index (κ1) is 19.2. The van der Waals surface area contributed by atoms with Gasteiger partial charge in [0.25, 0.3) is 0 Å². The number of benzene rings is 1. The highest BCUT2D eigenvalue weighted by atomic mass is 35.5. The van der Waals surface area contributed by atoms with Crippen LogP contribution in [-0.4, -0.2) is 15.0 Å². The third-order valence-corrected chi connectivity index (χ3v) is 5.73. The van der Waals surface area contributed by atoms with Gasteiger partial charge >= 0.3 is 0 Å². The minimum absolute atomic E-state index is 0.220. The molecular formula is C22H22Cl2N4. The highest BCUT2D eigenvalue weighted by Gasteiger charge is 2.25. The molecule has 0 bridgehead atoms. The molecule has 3 aromatic rings. The average molecular weight is 413 g/mol. The van der Waals surface area contributed by atoms with Gasteiger partial charge in [0.1, 0.15) is 5.82 Å². The molecule has 0 radical (unpaired) electrons. The predicted octanol–water partition coefficient (Wildman–Crippen LogP) is 6.07. The summed E-state index contributed by atoms with van der Waals surface area (Å²) in [6.07, 6.45) is 5.41. The first-order valence-corrected chi connectivity index (χ1v) is 10.4. The van der Waals surface area contributed by atoms with Crippen molar-refractivity contribution in [3.63, 3.8) is 0 Å². The van der Waals surface area contributed by atoms with Crippen molar-refractivity contribution in [1.29, 1.82) is 0 Å². The zero-order chi connectivity index (χ0) is 19.7. The molecule has 1 unspecified atom stereocenters. The lowest BCUT2D eigenvalue weighted by molar-refractivity contribution is 0.748. The number of anilines is 1. The quantitative estimate of drug-likeness (QED) is 0.552. The van der Waals surface area contributed by atoms with Crippen LogP contribution < -0.4 is 5.32 Å². The summed E-state index contributed by atoms with van der Waals surface area (Å²) in [5.41, 5.74) is 6.00. The lowest BCUT2D eigenvalue weighted by atomic mass is 10.1. The summed E-state index contributed by atoms with van der Waals surface area (Å²) in [5.74, 6) is 0.856. The number of nitrogens with one attached hydrogen (secondary N) is 1. The summed E-state index contributed by atoms with van der Waals surface area (Å²) >= 11 is 12.5. The van der Waals surface area contributed by atoms with Crippen LogP contribution in [0.15, 0.2) is 36.5 Å². The molecule has 6 heteroatoms. The van der Waals surface area contributed by atoms with Crippen molar-refractivity contribution < 1.29 is 0 Å². The molecule has 1 aliphatic carbocycles. The average Bonchev–Trinajstić information content (AvgIpc) is 3.11. The first-order chi connectivity index (χ1) is 13.6. The van der Waals surface area contributed by atoms with Gasteiger partial charge in [0, 0.05) is 22.5 Å².